The van der Waals surface area contributed by atoms with Crippen molar-refractivity contribution in [3.8, 4) is 5.69 Å². The van der Waals surface area contributed by atoms with Gasteiger partial charge in [-0.2, -0.15) is 0 Å². The summed E-state index contributed by atoms with van der Waals surface area (Å²) >= 11 is 0. The minimum absolute atomic E-state index is 0.123. The van der Waals surface area contributed by atoms with Gasteiger partial charge >= 0.3 is 0 Å². The summed E-state index contributed by atoms with van der Waals surface area (Å²) in [7, 11) is 0. The number of aryl methyl sites for hydroxylation is 1. The van der Waals surface area contributed by atoms with Crippen LogP contribution in [0.2, 0.25) is 0 Å². The molecule has 1 amide bonds. The Kier molecular flexibility index (Phi) is 4.53. The fourth-order valence-electron chi connectivity index (χ4n) is 4.45. The van der Waals surface area contributed by atoms with Gasteiger partial charge in [-0.25, -0.2) is 4.98 Å². The van der Waals surface area contributed by atoms with Crippen LogP contribution in [0.5, 0.6) is 0 Å². The molecule has 154 valence electrons. The Morgan fingerprint density at radius 1 is 1.20 bits per heavy atom. The molecule has 0 aliphatic carbocycles. The summed E-state index contributed by atoms with van der Waals surface area (Å²) < 4.78 is 3.75. The predicted molar refractivity (Wildman–Crippen MR) is 106 cm³/mol. The molecular formula is C20H21N7O3. The maximum absolute atomic E-state index is 13.2. The fourth-order valence-corrected chi connectivity index (χ4v) is 4.45. The molecule has 1 atom stereocenters. The normalized spacial score (nSPS) is 18.4. The average Bonchev–Trinajstić information content (AvgIpc) is 3.51. The minimum Gasteiger partial charge on any atom is -0.338 e. The molecule has 2 aliphatic rings. The predicted octanol–water partition coefficient (Wildman–Crippen LogP) is 2.34. The number of benzene rings is 1. The Bertz CT molecular complexity index is 1110. The third kappa shape index (κ3) is 3.14. The molecule has 3 aromatic rings. The van der Waals surface area contributed by atoms with Gasteiger partial charge in [0.05, 0.1) is 11.3 Å². The van der Waals surface area contributed by atoms with Crippen molar-refractivity contribution in [2.24, 2.45) is 0 Å². The number of hydrogen-bond donors (Lipinski definition) is 0. The molecule has 1 aromatic carbocycles. The van der Waals surface area contributed by atoms with Gasteiger partial charge in [-0.05, 0) is 31.4 Å². The highest BCUT2D eigenvalue weighted by Crippen LogP contribution is 2.30. The second-order valence-electron chi connectivity index (χ2n) is 7.75. The van der Waals surface area contributed by atoms with Gasteiger partial charge < -0.3 is 14.0 Å². The lowest BCUT2D eigenvalue weighted by atomic mass is 9.96. The van der Waals surface area contributed by atoms with Crippen molar-refractivity contribution in [1.82, 2.24) is 29.2 Å². The van der Waals surface area contributed by atoms with Gasteiger partial charge in [0.2, 0.25) is 0 Å². The second kappa shape index (κ2) is 7.36. The van der Waals surface area contributed by atoms with E-state index in [0.29, 0.717) is 24.3 Å². The Balaban J connectivity index is 1.40. The van der Waals surface area contributed by atoms with Gasteiger partial charge in [0.1, 0.15) is 17.3 Å². The number of hydrogen-bond acceptors (Lipinski definition) is 6. The Morgan fingerprint density at radius 3 is 2.90 bits per heavy atom. The number of nitrogens with zero attached hydrogens (tertiary/aromatic N) is 7. The van der Waals surface area contributed by atoms with E-state index in [2.05, 4.69) is 19.7 Å². The quantitative estimate of drug-likeness (QED) is 0.485. The highest BCUT2D eigenvalue weighted by molar-refractivity contribution is 5.95. The van der Waals surface area contributed by atoms with Crippen LogP contribution in [0.3, 0.4) is 0 Å². The highest BCUT2D eigenvalue weighted by Gasteiger charge is 2.31. The molecule has 1 fully saturated rings. The average molecular weight is 407 g/mol. The molecular weight excluding hydrogens is 386 g/mol. The van der Waals surface area contributed by atoms with E-state index in [9.17, 15) is 14.9 Å². The number of carbonyl (C=O) groups excluding carboxylic acids is 1. The molecule has 2 aliphatic heterocycles. The van der Waals surface area contributed by atoms with Crippen molar-refractivity contribution < 1.29 is 9.72 Å². The van der Waals surface area contributed by atoms with Gasteiger partial charge in [-0.15, -0.1) is 10.2 Å². The summed E-state index contributed by atoms with van der Waals surface area (Å²) in [4.78, 5) is 30.0. The molecule has 2 aromatic heterocycles. The monoisotopic (exact) mass is 407 g/mol. The molecule has 1 saturated heterocycles. The van der Waals surface area contributed by atoms with Crippen molar-refractivity contribution >= 4 is 11.6 Å². The molecule has 0 bridgehead atoms. The highest BCUT2D eigenvalue weighted by atomic mass is 16.6. The van der Waals surface area contributed by atoms with Crippen molar-refractivity contribution in [2.75, 3.05) is 13.1 Å². The fraction of sp³-hybridized carbons (Fsp3) is 0.400. The maximum Gasteiger partial charge on any atom is 0.294 e. The first kappa shape index (κ1) is 18.5. The molecule has 5 rings (SSSR count). The number of rotatable bonds is 4. The third-order valence-electron chi connectivity index (χ3n) is 5.91. The largest absolute Gasteiger partial charge is 0.338 e. The summed E-state index contributed by atoms with van der Waals surface area (Å²) in [5, 5.41) is 20.3. The van der Waals surface area contributed by atoms with E-state index in [1.165, 1.54) is 12.4 Å². The van der Waals surface area contributed by atoms with Crippen LogP contribution in [-0.2, 0) is 13.0 Å². The number of fused-ring (bicyclic) bond motifs is 1. The molecule has 0 unspecified atom stereocenters. The molecule has 0 N–H and O–H groups in total. The Morgan fingerprint density at radius 2 is 2.10 bits per heavy atom. The number of nitro benzene ring substituents is 1. The van der Waals surface area contributed by atoms with Crippen LogP contribution < -0.4 is 0 Å². The van der Waals surface area contributed by atoms with Crippen molar-refractivity contribution in [2.45, 2.75) is 38.1 Å². The standard InChI is InChI=1S/C20H21N7O3/c28-20(14-5-6-16(17(11-14)27(29)30)25-10-7-21-13-25)24-8-1-3-15(12-24)19-23-22-18-4-2-9-26(18)19/h5-7,10-11,13,15H,1-4,8-9,12H2/t15-/m0/s1. The smallest absolute Gasteiger partial charge is 0.294 e. The van der Waals surface area contributed by atoms with Gasteiger partial charge in [0.25, 0.3) is 11.6 Å². The van der Waals surface area contributed by atoms with E-state index in [4.69, 9.17) is 0 Å². The SMILES string of the molecule is O=C(c1ccc(-n2ccnc2)c([N+](=O)[O-])c1)N1CCC[C@H](c2nnc3n2CCC3)C1. The minimum atomic E-state index is -0.468. The van der Waals surface area contributed by atoms with Crippen LogP contribution in [0, 0.1) is 10.1 Å². The van der Waals surface area contributed by atoms with Gasteiger partial charge in [-0.1, -0.05) is 0 Å². The Labute approximate surface area is 172 Å². The van der Waals surface area contributed by atoms with Crippen LogP contribution in [-0.4, -0.2) is 53.1 Å². The van der Waals surface area contributed by atoms with Crippen molar-refractivity contribution in [3.63, 3.8) is 0 Å². The lowest BCUT2D eigenvalue weighted by molar-refractivity contribution is -0.384. The van der Waals surface area contributed by atoms with Gasteiger partial charge in [0.15, 0.2) is 0 Å². The number of piperidine rings is 1. The van der Waals surface area contributed by atoms with Gasteiger partial charge in [-0.3, -0.25) is 14.9 Å². The summed E-state index contributed by atoms with van der Waals surface area (Å²) in [5.74, 6) is 1.93. The van der Waals surface area contributed by atoms with Crippen LogP contribution in [0.15, 0.2) is 36.9 Å². The van der Waals surface area contributed by atoms with Crippen LogP contribution in [0.1, 0.15) is 47.2 Å². The van der Waals surface area contributed by atoms with Crippen LogP contribution in [0.25, 0.3) is 5.69 Å². The summed E-state index contributed by atoms with van der Waals surface area (Å²) in [6.45, 7) is 2.12. The summed E-state index contributed by atoms with van der Waals surface area (Å²) in [6, 6.07) is 4.60. The number of amides is 1. The molecule has 0 spiro atoms. The number of aromatic nitrogens is 5. The van der Waals surface area contributed by atoms with E-state index in [-0.39, 0.29) is 17.5 Å². The first-order chi connectivity index (χ1) is 14.6. The first-order valence-corrected chi connectivity index (χ1v) is 10.1. The maximum atomic E-state index is 13.2. The summed E-state index contributed by atoms with van der Waals surface area (Å²) in [6.07, 6.45) is 8.55. The Hall–Kier alpha value is -3.56. The van der Waals surface area contributed by atoms with E-state index in [1.54, 1.807) is 34.0 Å². The third-order valence-corrected chi connectivity index (χ3v) is 5.91. The molecule has 4 heterocycles. The number of likely N-dealkylation sites (tertiary alicyclic amines) is 1. The zero-order valence-corrected chi connectivity index (χ0v) is 16.3. The zero-order valence-electron chi connectivity index (χ0n) is 16.3. The van der Waals surface area contributed by atoms with E-state index in [0.717, 1.165) is 43.9 Å². The summed E-state index contributed by atoms with van der Waals surface area (Å²) in [5.41, 5.74) is 0.574. The van der Waals surface area contributed by atoms with Crippen molar-refractivity contribution in [3.05, 3.63) is 64.2 Å². The number of carbonyl (C=O) groups is 1. The van der Waals surface area contributed by atoms with E-state index < -0.39 is 4.92 Å². The first-order valence-electron chi connectivity index (χ1n) is 10.1. The molecule has 0 radical (unpaired) electrons. The lowest BCUT2D eigenvalue weighted by Gasteiger charge is -2.32. The van der Waals surface area contributed by atoms with Crippen LogP contribution >= 0.6 is 0 Å². The second-order valence-corrected chi connectivity index (χ2v) is 7.75. The number of imidazole rings is 1. The molecule has 10 nitrogen and oxygen atoms in total. The van der Waals surface area contributed by atoms with Gasteiger partial charge in [0, 0.05) is 56.0 Å². The molecule has 30 heavy (non-hydrogen) atoms. The molecule has 0 saturated carbocycles. The zero-order chi connectivity index (χ0) is 20.7. The topological polar surface area (TPSA) is 112 Å². The van der Waals surface area contributed by atoms with Crippen molar-refractivity contribution in [1.29, 1.82) is 0 Å². The van der Waals surface area contributed by atoms with E-state index in [1.807, 2.05) is 0 Å². The lowest BCUT2D eigenvalue weighted by Crippen LogP contribution is -2.39. The van der Waals surface area contributed by atoms with E-state index >= 15 is 0 Å². The number of nitro groups is 1. The van der Waals surface area contributed by atoms with Crippen LogP contribution in [0.4, 0.5) is 5.69 Å². The molecule has 10 heteroatoms.